The number of halogens is 1. The maximum absolute atomic E-state index is 10.5. The quantitative estimate of drug-likeness (QED) is 0.882. The molecule has 5 heteroatoms. The molecule has 2 aromatic carbocycles. The van der Waals surface area contributed by atoms with Gasteiger partial charge in [0.1, 0.15) is 0 Å². The van der Waals surface area contributed by atoms with Gasteiger partial charge in [-0.3, -0.25) is 0 Å². The van der Waals surface area contributed by atoms with Gasteiger partial charge in [-0.15, -0.1) is 0 Å². The Balaban J connectivity index is 0.000000218. The van der Waals surface area contributed by atoms with Crippen molar-refractivity contribution in [3.63, 3.8) is 0 Å². The van der Waals surface area contributed by atoms with Crippen LogP contribution in [-0.4, -0.2) is 22.2 Å². The van der Waals surface area contributed by atoms with E-state index in [0.29, 0.717) is 0 Å². The van der Waals surface area contributed by atoms with Crippen LogP contribution in [0.1, 0.15) is 20.7 Å². The summed E-state index contributed by atoms with van der Waals surface area (Å²) in [6.45, 7) is 0. The van der Waals surface area contributed by atoms with Gasteiger partial charge in [-0.25, -0.2) is 9.59 Å². The Kier molecular flexibility index (Phi) is 5.57. The zero-order chi connectivity index (χ0) is 14.3. The molecule has 0 fully saturated rings. The number of hydrogen-bond donors (Lipinski definition) is 2. The minimum atomic E-state index is -1.23. The van der Waals surface area contributed by atoms with Crippen LogP contribution in [0.5, 0.6) is 0 Å². The topological polar surface area (TPSA) is 74.6 Å². The predicted octanol–water partition coefficient (Wildman–Crippen LogP) is 3.42. The summed E-state index contributed by atoms with van der Waals surface area (Å²) < 4.78 is 0. The van der Waals surface area contributed by atoms with Crippen molar-refractivity contribution in [2.24, 2.45) is 0 Å². The Hall–Kier alpha value is -2.33. The van der Waals surface area contributed by atoms with Crippen LogP contribution < -0.4 is 0 Å². The molecule has 2 rings (SSSR count). The molecule has 0 aliphatic heterocycles. The molecule has 2 aromatic rings. The molecule has 0 radical (unpaired) electrons. The van der Waals surface area contributed by atoms with Gasteiger partial charge in [0.15, 0.2) is 0 Å². The molecule has 19 heavy (non-hydrogen) atoms. The van der Waals surface area contributed by atoms with Crippen LogP contribution in [0.3, 0.4) is 0 Å². The highest BCUT2D eigenvalue weighted by molar-refractivity contribution is 6.30. The zero-order valence-electron chi connectivity index (χ0n) is 9.79. The molecular weight excluding hydrogens is 268 g/mol. The summed E-state index contributed by atoms with van der Waals surface area (Å²) in [6.07, 6.45) is 0. The SMILES string of the molecule is Clc1ccccc1.O=C(O)c1ccccc1C(=O)O. The van der Waals surface area contributed by atoms with Crippen molar-refractivity contribution >= 4 is 23.5 Å². The van der Waals surface area contributed by atoms with Crippen LogP contribution >= 0.6 is 11.6 Å². The summed E-state index contributed by atoms with van der Waals surface area (Å²) in [6, 6.07) is 14.9. The first-order chi connectivity index (χ1) is 9.02. The van der Waals surface area contributed by atoms with Crippen LogP contribution in [0.4, 0.5) is 0 Å². The van der Waals surface area contributed by atoms with Crippen molar-refractivity contribution in [1.82, 2.24) is 0 Å². The van der Waals surface area contributed by atoms with E-state index in [1.54, 1.807) is 0 Å². The third kappa shape index (κ3) is 4.81. The van der Waals surface area contributed by atoms with Crippen molar-refractivity contribution in [2.75, 3.05) is 0 Å². The number of benzene rings is 2. The second-order valence-corrected chi connectivity index (χ2v) is 3.89. The first-order valence-electron chi connectivity index (χ1n) is 5.28. The highest BCUT2D eigenvalue weighted by Crippen LogP contribution is 2.07. The fourth-order valence-corrected chi connectivity index (χ4v) is 1.42. The van der Waals surface area contributed by atoms with Crippen LogP contribution in [-0.2, 0) is 0 Å². The first-order valence-corrected chi connectivity index (χ1v) is 5.66. The lowest BCUT2D eigenvalue weighted by atomic mass is 10.1. The second kappa shape index (κ2) is 7.18. The molecule has 0 aliphatic carbocycles. The Labute approximate surface area is 114 Å². The van der Waals surface area contributed by atoms with E-state index in [1.165, 1.54) is 24.3 Å². The minimum absolute atomic E-state index is 0.190. The third-order valence-corrected chi connectivity index (χ3v) is 2.37. The number of aromatic carboxylic acids is 2. The lowest BCUT2D eigenvalue weighted by molar-refractivity contribution is 0.0651. The van der Waals surface area contributed by atoms with Crippen LogP contribution in [0.15, 0.2) is 54.6 Å². The van der Waals surface area contributed by atoms with Crippen molar-refractivity contribution in [3.8, 4) is 0 Å². The predicted molar refractivity (Wildman–Crippen MR) is 71.8 cm³/mol. The van der Waals surface area contributed by atoms with E-state index < -0.39 is 11.9 Å². The van der Waals surface area contributed by atoms with Gasteiger partial charge in [0, 0.05) is 5.02 Å². The number of carboxylic acids is 2. The number of rotatable bonds is 2. The molecular formula is C14H11ClO4. The Morgan fingerprint density at radius 1 is 0.737 bits per heavy atom. The highest BCUT2D eigenvalue weighted by atomic mass is 35.5. The second-order valence-electron chi connectivity index (χ2n) is 3.45. The highest BCUT2D eigenvalue weighted by Gasteiger charge is 2.13. The van der Waals surface area contributed by atoms with Gasteiger partial charge >= 0.3 is 11.9 Å². The molecule has 0 saturated heterocycles. The van der Waals surface area contributed by atoms with E-state index >= 15 is 0 Å². The maximum Gasteiger partial charge on any atom is 0.336 e. The maximum atomic E-state index is 10.5. The first kappa shape index (κ1) is 14.7. The Morgan fingerprint density at radius 2 is 1.11 bits per heavy atom. The third-order valence-electron chi connectivity index (χ3n) is 2.12. The van der Waals surface area contributed by atoms with E-state index in [9.17, 15) is 9.59 Å². The zero-order valence-corrected chi connectivity index (χ0v) is 10.5. The molecule has 0 bridgehead atoms. The molecule has 0 saturated carbocycles. The van der Waals surface area contributed by atoms with Crippen molar-refractivity contribution in [3.05, 3.63) is 70.7 Å². The van der Waals surface area contributed by atoms with Crippen LogP contribution in [0.2, 0.25) is 5.02 Å². The number of carbonyl (C=O) groups is 2. The van der Waals surface area contributed by atoms with Gasteiger partial charge in [0.2, 0.25) is 0 Å². The Bertz CT molecular complexity index is 534. The molecule has 0 amide bonds. The van der Waals surface area contributed by atoms with E-state index in [2.05, 4.69) is 0 Å². The number of hydrogen-bond acceptors (Lipinski definition) is 2. The minimum Gasteiger partial charge on any atom is -0.478 e. The summed E-state index contributed by atoms with van der Waals surface area (Å²) in [5.41, 5.74) is -0.380. The molecule has 0 heterocycles. The fourth-order valence-electron chi connectivity index (χ4n) is 1.27. The van der Waals surface area contributed by atoms with E-state index in [4.69, 9.17) is 21.8 Å². The molecule has 0 aromatic heterocycles. The van der Waals surface area contributed by atoms with Crippen molar-refractivity contribution in [2.45, 2.75) is 0 Å². The van der Waals surface area contributed by atoms with Gasteiger partial charge < -0.3 is 10.2 Å². The van der Waals surface area contributed by atoms with Gasteiger partial charge in [-0.1, -0.05) is 41.9 Å². The summed E-state index contributed by atoms with van der Waals surface area (Å²) in [5, 5.41) is 17.9. The normalized spacial score (nSPS) is 9.11. The average molecular weight is 279 g/mol. The smallest absolute Gasteiger partial charge is 0.336 e. The van der Waals surface area contributed by atoms with Crippen LogP contribution in [0, 0.1) is 0 Å². The molecule has 0 spiro atoms. The van der Waals surface area contributed by atoms with Gasteiger partial charge in [0.05, 0.1) is 11.1 Å². The van der Waals surface area contributed by atoms with E-state index in [-0.39, 0.29) is 11.1 Å². The summed E-state index contributed by atoms with van der Waals surface area (Å²) in [7, 11) is 0. The van der Waals surface area contributed by atoms with Crippen molar-refractivity contribution < 1.29 is 19.8 Å². The lowest BCUT2D eigenvalue weighted by Gasteiger charge is -1.98. The lowest BCUT2D eigenvalue weighted by Crippen LogP contribution is -2.06. The van der Waals surface area contributed by atoms with Gasteiger partial charge in [0.25, 0.3) is 0 Å². The molecule has 2 N–H and O–H groups in total. The van der Waals surface area contributed by atoms with Crippen molar-refractivity contribution in [1.29, 1.82) is 0 Å². The average Bonchev–Trinajstić information content (AvgIpc) is 2.40. The van der Waals surface area contributed by atoms with Gasteiger partial charge in [-0.2, -0.15) is 0 Å². The Morgan fingerprint density at radius 3 is 1.37 bits per heavy atom. The van der Waals surface area contributed by atoms with Crippen LogP contribution in [0.25, 0.3) is 0 Å². The molecule has 98 valence electrons. The van der Waals surface area contributed by atoms with Gasteiger partial charge in [-0.05, 0) is 24.3 Å². The molecule has 0 atom stereocenters. The molecule has 4 nitrogen and oxygen atoms in total. The fraction of sp³-hybridized carbons (Fsp3) is 0. The van der Waals surface area contributed by atoms with E-state index in [1.807, 2.05) is 30.3 Å². The van der Waals surface area contributed by atoms with E-state index in [0.717, 1.165) is 5.02 Å². The largest absolute Gasteiger partial charge is 0.478 e. The summed E-state index contributed by atoms with van der Waals surface area (Å²) >= 11 is 5.54. The summed E-state index contributed by atoms with van der Waals surface area (Å²) in [5.74, 6) is -2.46. The number of carboxylic acid groups (broad SMARTS) is 2. The monoisotopic (exact) mass is 278 g/mol. The standard InChI is InChI=1S/C8H6O4.C6H5Cl/c9-7(10)5-3-1-2-4-6(5)8(11)12;7-6-4-2-1-3-5-6/h1-4H,(H,9,10)(H,11,12);1-5H. The molecule has 0 aliphatic rings. The molecule has 0 unspecified atom stereocenters. The summed E-state index contributed by atoms with van der Waals surface area (Å²) in [4.78, 5) is 20.9.